The molecule has 1 saturated heterocycles. The molecule has 1 fully saturated rings. The Hall–Kier alpha value is -2.83. The first-order chi connectivity index (χ1) is 16.9. The van der Waals surface area contributed by atoms with Gasteiger partial charge in [-0.15, -0.1) is 0 Å². The van der Waals surface area contributed by atoms with E-state index in [-0.39, 0.29) is 29.8 Å². The Labute approximate surface area is 204 Å². The normalized spacial score (nSPS) is 15.9. The van der Waals surface area contributed by atoms with Crippen molar-refractivity contribution < 1.29 is 45.5 Å². The topological polar surface area (TPSA) is 97.5 Å². The highest BCUT2D eigenvalue weighted by Crippen LogP contribution is 2.38. The van der Waals surface area contributed by atoms with Gasteiger partial charge in [0, 0.05) is 5.56 Å². The third-order valence-electron chi connectivity index (χ3n) is 5.34. The Morgan fingerprint density at radius 2 is 1.81 bits per heavy atom. The van der Waals surface area contributed by atoms with Crippen LogP contribution in [0.15, 0.2) is 22.7 Å². The summed E-state index contributed by atoms with van der Waals surface area (Å²) in [5, 5.41) is 14.2. The van der Waals surface area contributed by atoms with Crippen molar-refractivity contribution >= 4 is 5.97 Å². The summed E-state index contributed by atoms with van der Waals surface area (Å²) < 4.78 is 83.1. The molecule has 0 saturated carbocycles. The molecule has 202 valence electrons. The zero-order valence-corrected chi connectivity index (χ0v) is 19.7. The smallest absolute Gasteiger partial charge is 0.490 e. The maximum Gasteiger partial charge on any atom is 0.490 e. The van der Waals surface area contributed by atoms with Crippen LogP contribution in [0.4, 0.5) is 26.3 Å². The number of hydrogen-bond acceptors (Lipinski definition) is 6. The Balaban J connectivity index is 0.000000572. The van der Waals surface area contributed by atoms with Gasteiger partial charge in [-0.05, 0) is 44.0 Å². The van der Waals surface area contributed by atoms with Crippen LogP contribution in [-0.4, -0.2) is 40.5 Å². The summed E-state index contributed by atoms with van der Waals surface area (Å²) >= 11 is 0. The van der Waals surface area contributed by atoms with E-state index in [0.29, 0.717) is 5.89 Å². The van der Waals surface area contributed by atoms with Gasteiger partial charge in [0.15, 0.2) is 0 Å². The number of aromatic nitrogens is 2. The van der Waals surface area contributed by atoms with E-state index in [2.05, 4.69) is 22.4 Å². The van der Waals surface area contributed by atoms with Crippen LogP contribution in [0, 0.1) is 0 Å². The van der Waals surface area contributed by atoms with Crippen LogP contribution in [-0.2, 0) is 11.0 Å². The van der Waals surface area contributed by atoms with Gasteiger partial charge in [-0.3, -0.25) is 0 Å². The first-order valence-electron chi connectivity index (χ1n) is 11.6. The summed E-state index contributed by atoms with van der Waals surface area (Å²) in [6, 6.07) is 3.90. The number of nitrogens with zero attached hydrogens (tertiary/aromatic N) is 2. The minimum absolute atomic E-state index is 0.0294. The van der Waals surface area contributed by atoms with Crippen LogP contribution in [0.25, 0.3) is 11.4 Å². The van der Waals surface area contributed by atoms with Gasteiger partial charge in [-0.1, -0.05) is 44.2 Å². The van der Waals surface area contributed by atoms with Crippen molar-refractivity contribution in [3.63, 3.8) is 0 Å². The van der Waals surface area contributed by atoms with Crippen molar-refractivity contribution in [1.29, 1.82) is 0 Å². The molecular formula is C23H29F6N3O4. The van der Waals surface area contributed by atoms with E-state index in [1.54, 1.807) is 6.07 Å². The van der Waals surface area contributed by atoms with Gasteiger partial charge in [0.2, 0.25) is 11.7 Å². The summed E-state index contributed by atoms with van der Waals surface area (Å²) in [5.74, 6) is -2.35. The van der Waals surface area contributed by atoms with Gasteiger partial charge in [-0.25, -0.2) is 4.79 Å². The van der Waals surface area contributed by atoms with E-state index >= 15 is 0 Å². The molecule has 2 N–H and O–H groups in total. The molecule has 0 aliphatic carbocycles. The zero-order valence-electron chi connectivity index (χ0n) is 19.7. The minimum atomic E-state index is -5.08. The van der Waals surface area contributed by atoms with Crippen molar-refractivity contribution in [3.8, 4) is 17.1 Å². The Morgan fingerprint density at radius 1 is 1.14 bits per heavy atom. The third kappa shape index (κ3) is 9.32. The molecule has 1 aromatic carbocycles. The molecule has 2 heterocycles. The molecule has 0 unspecified atom stereocenters. The molecule has 36 heavy (non-hydrogen) atoms. The second-order valence-electron chi connectivity index (χ2n) is 8.23. The van der Waals surface area contributed by atoms with Gasteiger partial charge in [0.1, 0.15) is 5.75 Å². The van der Waals surface area contributed by atoms with Crippen LogP contribution in [0.1, 0.15) is 75.8 Å². The molecule has 1 aromatic heterocycles. The van der Waals surface area contributed by atoms with Crippen LogP contribution >= 0.6 is 0 Å². The predicted octanol–water partition coefficient (Wildman–Crippen LogP) is 6.55. The molecule has 1 aliphatic heterocycles. The Kier molecular flexibility index (Phi) is 11.0. The lowest BCUT2D eigenvalue weighted by Gasteiger charge is -2.14. The standard InChI is InChI=1S/C21H28F3N3O2.C2HF3O2/c1-2-3-4-5-6-7-13-28-18-11-10-15(14-16(18)21(22,23)24)19-26-20(29-27-19)17-9-8-12-25-17;3-2(4,5)1(6)7/h10-11,14,17,25H,2-9,12-13H2,1H3;(H,6,7)/t17-;/m0./s1. The minimum Gasteiger partial charge on any atom is -0.493 e. The number of benzene rings is 1. The van der Waals surface area contributed by atoms with Crippen molar-refractivity contribution in [3.05, 3.63) is 29.7 Å². The molecule has 1 aliphatic rings. The lowest BCUT2D eigenvalue weighted by atomic mass is 10.1. The maximum atomic E-state index is 13.6. The number of rotatable bonds is 10. The van der Waals surface area contributed by atoms with Crippen LogP contribution < -0.4 is 10.1 Å². The number of halogens is 6. The first kappa shape index (κ1) is 29.4. The molecule has 13 heteroatoms. The van der Waals surface area contributed by atoms with Crippen molar-refractivity contribution in [2.45, 2.75) is 76.7 Å². The van der Waals surface area contributed by atoms with Gasteiger partial charge in [0.25, 0.3) is 0 Å². The largest absolute Gasteiger partial charge is 0.493 e. The number of carbonyl (C=O) groups is 1. The monoisotopic (exact) mass is 525 g/mol. The average Bonchev–Trinajstić information content (AvgIpc) is 3.50. The van der Waals surface area contributed by atoms with Crippen molar-refractivity contribution in [2.24, 2.45) is 0 Å². The van der Waals surface area contributed by atoms with Gasteiger partial charge >= 0.3 is 18.3 Å². The number of ether oxygens (including phenoxy) is 1. The molecule has 7 nitrogen and oxygen atoms in total. The van der Waals surface area contributed by atoms with Gasteiger partial charge in [0.05, 0.1) is 18.2 Å². The van der Waals surface area contributed by atoms with Crippen LogP contribution in [0.2, 0.25) is 0 Å². The molecule has 0 amide bonds. The average molecular weight is 525 g/mol. The Bertz CT molecular complexity index is 956. The second-order valence-corrected chi connectivity index (χ2v) is 8.23. The van der Waals surface area contributed by atoms with Crippen molar-refractivity contribution in [2.75, 3.05) is 13.2 Å². The Morgan fingerprint density at radius 3 is 2.39 bits per heavy atom. The van der Waals surface area contributed by atoms with Crippen molar-refractivity contribution in [1.82, 2.24) is 15.5 Å². The quantitative estimate of drug-likeness (QED) is 0.268. The third-order valence-corrected chi connectivity index (χ3v) is 5.34. The summed E-state index contributed by atoms with van der Waals surface area (Å²) in [7, 11) is 0. The van der Waals surface area contributed by atoms with E-state index in [4.69, 9.17) is 19.2 Å². The number of carboxylic acids is 1. The predicted molar refractivity (Wildman–Crippen MR) is 117 cm³/mol. The molecule has 3 rings (SSSR count). The fourth-order valence-electron chi connectivity index (χ4n) is 3.47. The highest BCUT2D eigenvalue weighted by Gasteiger charge is 2.38. The fourth-order valence-corrected chi connectivity index (χ4v) is 3.47. The SMILES string of the molecule is CCCCCCCCOc1ccc(-c2noc([C@@H]3CCCN3)n2)cc1C(F)(F)F.O=C(O)C(F)(F)F. The van der Waals surface area contributed by atoms with Gasteiger partial charge in [-0.2, -0.15) is 31.3 Å². The number of unbranched alkanes of at least 4 members (excludes halogenated alkanes) is 5. The lowest BCUT2D eigenvalue weighted by molar-refractivity contribution is -0.192. The number of aliphatic carboxylic acids is 1. The van der Waals surface area contributed by atoms with Crippen LogP contribution in [0.3, 0.4) is 0 Å². The number of carboxylic acid groups (broad SMARTS) is 1. The van der Waals surface area contributed by atoms with Gasteiger partial charge < -0.3 is 19.7 Å². The number of nitrogens with one attached hydrogen (secondary N) is 1. The first-order valence-corrected chi connectivity index (χ1v) is 11.6. The number of hydrogen-bond donors (Lipinski definition) is 2. The van der Waals surface area contributed by atoms with E-state index in [1.807, 2.05) is 0 Å². The van der Waals surface area contributed by atoms with Crippen LogP contribution in [0.5, 0.6) is 5.75 Å². The maximum absolute atomic E-state index is 13.6. The molecule has 0 bridgehead atoms. The lowest BCUT2D eigenvalue weighted by Crippen LogP contribution is -2.21. The van der Waals surface area contributed by atoms with E-state index in [1.165, 1.54) is 12.5 Å². The summed E-state index contributed by atoms with van der Waals surface area (Å²) in [6.07, 6.45) is -1.43. The van der Waals surface area contributed by atoms with E-state index < -0.39 is 23.9 Å². The fraction of sp³-hybridized carbons (Fsp3) is 0.609. The van der Waals surface area contributed by atoms with E-state index in [0.717, 1.165) is 57.6 Å². The number of alkyl halides is 6. The molecule has 0 spiro atoms. The summed E-state index contributed by atoms with van der Waals surface area (Å²) in [6.45, 7) is 3.28. The van der Waals surface area contributed by atoms with E-state index in [9.17, 15) is 26.3 Å². The highest BCUT2D eigenvalue weighted by molar-refractivity contribution is 5.73. The highest BCUT2D eigenvalue weighted by atomic mass is 19.4. The summed E-state index contributed by atoms with van der Waals surface area (Å²) in [5.41, 5.74) is -0.552. The summed E-state index contributed by atoms with van der Waals surface area (Å²) in [4.78, 5) is 13.2. The molecular weight excluding hydrogens is 496 g/mol. The molecule has 0 radical (unpaired) electrons. The molecule has 2 aromatic rings. The molecule has 1 atom stereocenters. The zero-order chi connectivity index (χ0) is 26.8. The second kappa shape index (κ2) is 13.5.